The number of carbonyl (C=O) groups is 7. The fourth-order valence-corrected chi connectivity index (χ4v) is 5.94. The van der Waals surface area contributed by atoms with Gasteiger partial charge in [0, 0.05) is 42.2 Å². The average molecular weight is 831 g/mol. The van der Waals surface area contributed by atoms with Crippen molar-refractivity contribution in [3.63, 3.8) is 0 Å². The third-order valence-electron chi connectivity index (χ3n) is 9.20. The van der Waals surface area contributed by atoms with E-state index >= 15 is 0 Å². The van der Waals surface area contributed by atoms with Gasteiger partial charge in [-0.15, -0.1) is 5.11 Å². The van der Waals surface area contributed by atoms with Gasteiger partial charge in [0.25, 0.3) is 11.8 Å². The van der Waals surface area contributed by atoms with E-state index in [-0.39, 0.29) is 64.3 Å². The molecular formula is C45H46N6O10. The van der Waals surface area contributed by atoms with E-state index in [1.807, 2.05) is 37.3 Å². The molecule has 16 nitrogen and oxygen atoms in total. The van der Waals surface area contributed by atoms with Crippen molar-refractivity contribution < 1.29 is 48.1 Å². The Balaban J connectivity index is 1.35. The minimum absolute atomic E-state index is 0.00943. The molecule has 0 spiro atoms. The molecule has 0 heterocycles. The number of aliphatic imine (C=N–C) groups is 1. The third-order valence-corrected chi connectivity index (χ3v) is 9.20. The van der Waals surface area contributed by atoms with Gasteiger partial charge in [0.2, 0.25) is 5.91 Å². The summed E-state index contributed by atoms with van der Waals surface area (Å²) in [5, 5.41) is 26.2. The molecule has 16 heteroatoms. The van der Waals surface area contributed by atoms with E-state index < -0.39 is 46.9 Å². The van der Waals surface area contributed by atoms with Crippen LogP contribution in [0.1, 0.15) is 78.3 Å². The van der Waals surface area contributed by atoms with E-state index in [1.165, 1.54) is 63.6 Å². The monoisotopic (exact) mass is 830 g/mol. The number of rotatable bonds is 18. The summed E-state index contributed by atoms with van der Waals surface area (Å²) in [5.74, 6) is -5.28. The molecule has 4 rings (SSSR count). The summed E-state index contributed by atoms with van der Waals surface area (Å²) < 4.78 is 9.53. The summed E-state index contributed by atoms with van der Waals surface area (Å²) in [4.78, 5) is 93.0. The predicted octanol–water partition coefficient (Wildman–Crippen LogP) is 7.67. The first-order valence-electron chi connectivity index (χ1n) is 19.0. The molecule has 4 N–H and O–H groups in total. The van der Waals surface area contributed by atoms with E-state index in [0.29, 0.717) is 17.8 Å². The Morgan fingerprint density at radius 1 is 0.721 bits per heavy atom. The number of azo groups is 1. The van der Waals surface area contributed by atoms with Gasteiger partial charge in [-0.05, 0) is 91.2 Å². The van der Waals surface area contributed by atoms with Crippen molar-refractivity contribution in [1.82, 2.24) is 0 Å². The molecular weight excluding hydrogens is 785 g/mol. The summed E-state index contributed by atoms with van der Waals surface area (Å²) in [6.07, 6.45) is 0.714. The van der Waals surface area contributed by atoms with E-state index in [0.717, 1.165) is 12.5 Å². The maximum atomic E-state index is 13.1. The van der Waals surface area contributed by atoms with Crippen LogP contribution in [-0.4, -0.2) is 66.3 Å². The van der Waals surface area contributed by atoms with Crippen LogP contribution in [-0.2, 0) is 40.0 Å². The van der Waals surface area contributed by atoms with Crippen molar-refractivity contribution in [2.45, 2.75) is 53.0 Å². The molecule has 2 atom stereocenters. The molecule has 4 aromatic rings. The lowest BCUT2D eigenvalue weighted by molar-refractivity contribution is -0.126. The number of nitrogens with one attached hydrogen (secondary N) is 3. The van der Waals surface area contributed by atoms with Gasteiger partial charge >= 0.3 is 11.9 Å². The van der Waals surface area contributed by atoms with E-state index in [9.17, 15) is 38.7 Å². The van der Waals surface area contributed by atoms with Crippen LogP contribution in [0.15, 0.2) is 124 Å². The zero-order chi connectivity index (χ0) is 44.6. The molecule has 0 fully saturated rings. The number of ether oxygens (including phenoxy) is 2. The number of aliphatic hydroxyl groups excluding tert-OH is 1. The summed E-state index contributed by atoms with van der Waals surface area (Å²) in [7, 11) is 2.38. The van der Waals surface area contributed by atoms with Crippen LogP contribution in [0.3, 0.4) is 0 Å². The van der Waals surface area contributed by atoms with Gasteiger partial charge in [-0.2, -0.15) is 5.11 Å². The molecule has 2 unspecified atom stereocenters. The number of methoxy groups -OCH3 is 2. The van der Waals surface area contributed by atoms with Gasteiger partial charge in [0.05, 0.1) is 37.6 Å². The van der Waals surface area contributed by atoms with Gasteiger partial charge < -0.3 is 30.5 Å². The van der Waals surface area contributed by atoms with Crippen molar-refractivity contribution in [2.75, 3.05) is 30.2 Å². The Morgan fingerprint density at radius 3 is 1.85 bits per heavy atom. The van der Waals surface area contributed by atoms with Crippen molar-refractivity contribution in [3.05, 3.63) is 131 Å². The number of benzene rings is 4. The molecule has 0 saturated carbocycles. The minimum atomic E-state index is -0.851. The Bertz CT molecular complexity index is 2370. The van der Waals surface area contributed by atoms with Crippen molar-refractivity contribution in [3.8, 4) is 0 Å². The lowest BCUT2D eigenvalue weighted by Crippen LogP contribution is -2.29. The SMILES string of the molecule is CCC(C(=O)CC(C)C(=O)Nc1ccc(N=NC(C(=O)Nc2ccc(NC(=O)C(=NCc3cc(C(=O)OC)ccc3C(=O)OC)C(C)=O)cc2)=C(C)O)cc1)c1ccccc1. The highest BCUT2D eigenvalue weighted by Crippen LogP contribution is 2.25. The number of hydrogen-bond donors (Lipinski definition) is 4. The second-order valence-electron chi connectivity index (χ2n) is 13.7. The Kier molecular flexibility index (Phi) is 16.6. The molecule has 3 amide bonds. The Hall–Kier alpha value is -7.62. The molecule has 316 valence electrons. The maximum Gasteiger partial charge on any atom is 0.338 e. The van der Waals surface area contributed by atoms with Crippen molar-refractivity contribution in [1.29, 1.82) is 0 Å². The number of aliphatic hydroxyl groups is 1. The number of hydrogen-bond acceptors (Lipinski definition) is 13. The maximum absolute atomic E-state index is 13.1. The number of allylic oxidation sites excluding steroid dienone is 1. The quantitative estimate of drug-likeness (QED) is 0.0191. The number of esters is 2. The number of ketones is 2. The van der Waals surface area contributed by atoms with Crippen LogP contribution in [0.2, 0.25) is 0 Å². The smallest absolute Gasteiger partial charge is 0.338 e. The summed E-state index contributed by atoms with van der Waals surface area (Å²) >= 11 is 0. The van der Waals surface area contributed by atoms with Crippen molar-refractivity contribution in [2.24, 2.45) is 21.1 Å². The Labute approximate surface area is 352 Å². The molecule has 0 radical (unpaired) electrons. The standard InChI is InChI=1S/C45H46N6O10/c1-7-36(29-11-9-8-10-12-29)38(54)23-26(2)41(55)47-32-18-20-35(21-19-32)50-51-40(28(4)53)43(57)49-34-16-14-33(15-17-34)48-42(56)39(27(3)52)46-25-31-24-30(44(58)60-5)13-22-37(31)45(59)61-6/h8-22,24,26,36,53H,7,23,25H2,1-6H3,(H,47,55)(H,48,56)(H,49,57). The lowest BCUT2D eigenvalue weighted by Gasteiger charge is -2.17. The summed E-state index contributed by atoms with van der Waals surface area (Å²) in [6, 6.07) is 25.6. The first-order valence-corrected chi connectivity index (χ1v) is 19.0. The number of carbonyl (C=O) groups excluding carboxylic acids is 7. The minimum Gasteiger partial charge on any atom is -0.510 e. The first-order chi connectivity index (χ1) is 29.1. The van der Waals surface area contributed by atoms with Crippen LogP contribution in [0.5, 0.6) is 0 Å². The van der Waals surface area contributed by atoms with Gasteiger partial charge in [-0.1, -0.05) is 44.2 Å². The second-order valence-corrected chi connectivity index (χ2v) is 13.7. The normalized spacial score (nSPS) is 12.7. The third kappa shape index (κ3) is 12.9. The van der Waals surface area contributed by atoms with Crippen LogP contribution in [0.4, 0.5) is 22.7 Å². The highest BCUT2D eigenvalue weighted by atomic mass is 16.5. The predicted molar refractivity (Wildman–Crippen MR) is 228 cm³/mol. The highest BCUT2D eigenvalue weighted by molar-refractivity contribution is 6.67. The Morgan fingerprint density at radius 2 is 1.30 bits per heavy atom. The van der Waals surface area contributed by atoms with Crippen LogP contribution in [0, 0.1) is 5.92 Å². The van der Waals surface area contributed by atoms with Crippen LogP contribution in [0.25, 0.3) is 0 Å². The number of Topliss-reactive ketones (excluding diaryl/α,β-unsaturated/α-hetero) is 2. The lowest BCUT2D eigenvalue weighted by atomic mass is 9.87. The summed E-state index contributed by atoms with van der Waals surface area (Å²) in [5.41, 5.74) is 1.77. The first kappa shape index (κ1) is 46.1. The second kappa shape index (κ2) is 21.9. The molecule has 0 bridgehead atoms. The molecule has 0 aliphatic heterocycles. The van der Waals surface area contributed by atoms with Gasteiger partial charge in [0.15, 0.2) is 17.2 Å². The molecule has 0 aliphatic carbocycles. The molecule has 0 aromatic heterocycles. The number of nitrogens with zero attached hydrogens (tertiary/aromatic N) is 3. The topological polar surface area (TPSA) is 231 Å². The fourth-order valence-electron chi connectivity index (χ4n) is 5.94. The fraction of sp³-hybridized carbons (Fsp3) is 0.244. The largest absolute Gasteiger partial charge is 0.510 e. The average Bonchev–Trinajstić information content (AvgIpc) is 3.24. The van der Waals surface area contributed by atoms with Crippen molar-refractivity contribution >= 4 is 69.7 Å². The molecule has 0 saturated heterocycles. The van der Waals surface area contributed by atoms with Crippen LogP contribution < -0.4 is 16.0 Å². The molecule has 4 aromatic carbocycles. The number of anilines is 3. The summed E-state index contributed by atoms with van der Waals surface area (Å²) in [6.45, 7) is 5.73. The number of amides is 3. The van der Waals surface area contributed by atoms with Gasteiger partial charge in [-0.3, -0.25) is 29.0 Å². The van der Waals surface area contributed by atoms with Gasteiger partial charge in [0.1, 0.15) is 11.5 Å². The highest BCUT2D eigenvalue weighted by Gasteiger charge is 2.24. The molecule has 61 heavy (non-hydrogen) atoms. The van der Waals surface area contributed by atoms with E-state index in [1.54, 1.807) is 31.2 Å². The van der Waals surface area contributed by atoms with E-state index in [4.69, 9.17) is 9.47 Å². The zero-order valence-electron chi connectivity index (χ0n) is 34.5. The van der Waals surface area contributed by atoms with Gasteiger partial charge in [-0.25, -0.2) is 9.59 Å². The zero-order valence-corrected chi connectivity index (χ0v) is 34.5. The van der Waals surface area contributed by atoms with E-state index in [2.05, 4.69) is 31.2 Å². The van der Waals surface area contributed by atoms with Crippen LogP contribution >= 0.6 is 0 Å². The molecule has 0 aliphatic rings.